The number of hydrogen-bond donors (Lipinski definition) is 1. The second kappa shape index (κ2) is 69.2. The van der Waals surface area contributed by atoms with Gasteiger partial charge in [0.1, 0.15) is 19.8 Å². The van der Waals surface area contributed by atoms with Crippen LogP contribution in [0.1, 0.15) is 206 Å². The summed E-state index contributed by atoms with van der Waals surface area (Å²) in [7, 11) is 1.39. The number of allylic oxidation sites excluding steroid dienone is 40. The Morgan fingerprint density at radius 1 is 0.337 bits per heavy atom. The SMILES string of the molecule is CC/C=C\C/C=C\C/C=C\C/C=C\C/C=C\C/C=C\C/C=C\C/C=C\C/C=C\C/C=C\C/C=C\C/C=C\CCCCCCC(=O)OC(COC(=O)CCCC/C=C\C/C=C\C/C=C\C/C=C\C/C=C\C/C=C\C/C=C\C/C=C\CC)COP(=O)(O)OCC[N+](C)(C)C. The first-order valence-electron chi connectivity index (χ1n) is 34.8. The molecule has 0 saturated heterocycles. The van der Waals surface area contributed by atoms with Crippen molar-refractivity contribution in [2.24, 2.45) is 0 Å². The van der Waals surface area contributed by atoms with Gasteiger partial charge in [0.2, 0.25) is 0 Å². The summed E-state index contributed by atoms with van der Waals surface area (Å²) in [6, 6.07) is 0. The fraction of sp³-hybridized carbons (Fsp3) is 0.488. The minimum Gasteiger partial charge on any atom is -0.462 e. The van der Waals surface area contributed by atoms with Crippen LogP contribution in [0.15, 0.2) is 243 Å². The van der Waals surface area contributed by atoms with Crippen LogP contribution in [0.25, 0.3) is 0 Å². The Morgan fingerprint density at radius 2 is 0.587 bits per heavy atom. The van der Waals surface area contributed by atoms with E-state index in [9.17, 15) is 19.0 Å². The number of phosphoric acid groups is 1. The maximum atomic E-state index is 12.9. The summed E-state index contributed by atoms with van der Waals surface area (Å²) in [6.07, 6.45) is 114. The Balaban J connectivity index is 4.29. The number of carbonyl (C=O) groups excluding carboxylic acids is 2. The third-order valence-electron chi connectivity index (χ3n) is 13.4. The summed E-state index contributed by atoms with van der Waals surface area (Å²) in [5.74, 6) is -0.901. The Hall–Kier alpha value is -6.19. The summed E-state index contributed by atoms with van der Waals surface area (Å²) < 4.78 is 34.6. The van der Waals surface area contributed by atoms with E-state index in [1.807, 2.05) is 21.1 Å². The van der Waals surface area contributed by atoms with Gasteiger partial charge < -0.3 is 18.9 Å². The van der Waals surface area contributed by atoms with Gasteiger partial charge in [0.25, 0.3) is 0 Å². The molecular weight excluding hydrogens is 1160 g/mol. The van der Waals surface area contributed by atoms with Crippen LogP contribution in [0.4, 0.5) is 0 Å². The van der Waals surface area contributed by atoms with Crippen LogP contribution in [-0.4, -0.2) is 74.9 Å². The zero-order chi connectivity index (χ0) is 66.9. The number of unbranched alkanes of at least 4 members (excludes halogenated alkanes) is 6. The molecule has 0 heterocycles. The van der Waals surface area contributed by atoms with E-state index in [1.165, 1.54) is 0 Å². The molecule has 10 heteroatoms. The molecule has 0 aliphatic carbocycles. The number of hydrogen-bond acceptors (Lipinski definition) is 7. The average molecular weight is 1280 g/mol. The van der Waals surface area contributed by atoms with Gasteiger partial charge in [-0.1, -0.05) is 270 Å². The monoisotopic (exact) mass is 1280 g/mol. The lowest BCUT2D eigenvalue weighted by Crippen LogP contribution is -2.37. The van der Waals surface area contributed by atoms with Crippen molar-refractivity contribution in [1.29, 1.82) is 0 Å². The molecule has 0 rings (SSSR count). The molecule has 2 unspecified atom stereocenters. The summed E-state index contributed by atoms with van der Waals surface area (Å²) in [5.41, 5.74) is 0. The molecule has 0 aliphatic heterocycles. The molecule has 0 fully saturated rings. The van der Waals surface area contributed by atoms with Gasteiger partial charge in [0.15, 0.2) is 6.10 Å². The number of esters is 2. The van der Waals surface area contributed by atoms with Crippen molar-refractivity contribution in [1.82, 2.24) is 0 Å². The molecule has 0 amide bonds. The molecule has 0 aromatic rings. The predicted octanol–water partition coefficient (Wildman–Crippen LogP) is 23.1. The summed E-state index contributed by atoms with van der Waals surface area (Å²) >= 11 is 0. The van der Waals surface area contributed by atoms with E-state index in [0.717, 1.165) is 167 Å². The molecule has 0 aromatic carbocycles. The van der Waals surface area contributed by atoms with E-state index in [0.29, 0.717) is 23.9 Å². The van der Waals surface area contributed by atoms with Crippen LogP contribution in [0.5, 0.6) is 0 Å². The average Bonchev–Trinajstić information content (AvgIpc) is 2.23. The molecule has 0 aromatic heterocycles. The van der Waals surface area contributed by atoms with Crippen LogP contribution >= 0.6 is 7.82 Å². The van der Waals surface area contributed by atoms with E-state index >= 15 is 0 Å². The number of quaternary nitrogens is 1. The van der Waals surface area contributed by atoms with Crippen molar-refractivity contribution in [2.45, 2.75) is 213 Å². The molecule has 2 atom stereocenters. The van der Waals surface area contributed by atoms with Crippen LogP contribution < -0.4 is 0 Å². The van der Waals surface area contributed by atoms with Crippen LogP contribution in [0.2, 0.25) is 0 Å². The van der Waals surface area contributed by atoms with Gasteiger partial charge in [-0.2, -0.15) is 0 Å². The second-order valence-corrected chi connectivity index (χ2v) is 24.5. The van der Waals surface area contributed by atoms with Gasteiger partial charge in [-0.3, -0.25) is 18.6 Å². The standard InChI is InChI=1S/C82H124NO8P/c1-6-8-10-12-14-16-18-20-22-24-26-28-30-32-34-35-36-37-38-39-40-41-42-43-44-45-46-47-49-51-53-55-57-59-61-63-65-67-69-71-73-75-82(85)91-80(79-90-92(86,87)89-77-76-83(3,4)5)78-88-81(84)74-72-70-68-66-64-62-60-58-56-54-52-50-48-33-31-29-27-25-23-21-19-17-15-13-11-9-7-2/h8-11,14-17,20-23,26-29,32-34,36-37,39-40,42-43,45-46,48-49,51-52,54-55,57-58,60-61,63-64,66,80H,6-7,12-13,18-19,24-25,30-31,35,38,41,44,47,50,53,56,59,62,65,67-79H2,1-5H3/p+1/b10-8-,11-9-,16-14-,17-15-,22-20-,23-21-,28-26-,29-27-,34-32-,37-36-,40-39-,43-42-,46-45-,48-33-,51-49-,54-52-,57-55-,60-58-,63-61-,66-64-. The Bertz CT molecular complexity index is 2450. The van der Waals surface area contributed by atoms with Crippen molar-refractivity contribution in [3.05, 3.63) is 243 Å². The molecule has 0 radical (unpaired) electrons. The maximum Gasteiger partial charge on any atom is 0.472 e. The van der Waals surface area contributed by atoms with E-state index in [1.54, 1.807) is 0 Å². The minimum absolute atomic E-state index is 0.00423. The largest absolute Gasteiger partial charge is 0.472 e. The van der Waals surface area contributed by atoms with Gasteiger partial charge in [0.05, 0.1) is 27.7 Å². The molecule has 0 bridgehead atoms. The van der Waals surface area contributed by atoms with Gasteiger partial charge in [0, 0.05) is 12.8 Å². The van der Waals surface area contributed by atoms with Crippen LogP contribution in [-0.2, 0) is 32.7 Å². The Kier molecular flexibility index (Phi) is 64.5. The van der Waals surface area contributed by atoms with E-state index in [2.05, 4.69) is 257 Å². The molecule has 9 nitrogen and oxygen atoms in total. The zero-order valence-electron chi connectivity index (χ0n) is 57.9. The van der Waals surface area contributed by atoms with Crippen molar-refractivity contribution in [2.75, 3.05) is 47.5 Å². The Labute approximate surface area is 562 Å². The van der Waals surface area contributed by atoms with Crippen molar-refractivity contribution in [3.8, 4) is 0 Å². The molecule has 0 aliphatic rings. The first-order valence-corrected chi connectivity index (χ1v) is 36.3. The van der Waals surface area contributed by atoms with E-state index in [4.69, 9.17) is 18.5 Å². The second-order valence-electron chi connectivity index (χ2n) is 23.1. The fourth-order valence-corrected chi connectivity index (χ4v) is 8.87. The highest BCUT2D eigenvalue weighted by molar-refractivity contribution is 7.47. The smallest absolute Gasteiger partial charge is 0.462 e. The third kappa shape index (κ3) is 72.9. The molecule has 0 spiro atoms. The van der Waals surface area contributed by atoms with Crippen LogP contribution in [0, 0.1) is 0 Å². The van der Waals surface area contributed by atoms with Gasteiger partial charge in [-0.25, -0.2) is 4.57 Å². The fourth-order valence-electron chi connectivity index (χ4n) is 8.13. The predicted molar refractivity (Wildman–Crippen MR) is 398 cm³/mol. The summed E-state index contributed by atoms with van der Waals surface area (Å²) in [6.45, 7) is 4.08. The van der Waals surface area contributed by atoms with Crippen LogP contribution in [0.3, 0.4) is 0 Å². The molecule has 0 saturated carbocycles. The first-order chi connectivity index (χ1) is 45.0. The Morgan fingerprint density at radius 3 is 0.880 bits per heavy atom. The highest BCUT2D eigenvalue weighted by Gasteiger charge is 2.27. The maximum absolute atomic E-state index is 12.9. The summed E-state index contributed by atoms with van der Waals surface area (Å²) in [4.78, 5) is 35.8. The first kappa shape index (κ1) is 85.8. The number of carbonyl (C=O) groups is 2. The van der Waals surface area contributed by atoms with Gasteiger partial charge in [-0.05, 0) is 167 Å². The summed E-state index contributed by atoms with van der Waals surface area (Å²) in [5, 5.41) is 0. The molecule has 92 heavy (non-hydrogen) atoms. The normalized spacial score (nSPS) is 14.6. The number of likely N-dealkylation sites (N-methyl/N-ethyl adjacent to an activating group) is 1. The van der Waals surface area contributed by atoms with Crippen molar-refractivity contribution < 1.29 is 42.1 Å². The van der Waals surface area contributed by atoms with Crippen molar-refractivity contribution in [3.63, 3.8) is 0 Å². The number of phosphoric ester groups is 1. The van der Waals surface area contributed by atoms with Gasteiger partial charge >= 0.3 is 19.8 Å². The van der Waals surface area contributed by atoms with Gasteiger partial charge in [-0.15, -0.1) is 0 Å². The lowest BCUT2D eigenvalue weighted by Gasteiger charge is -2.24. The number of rotatable bonds is 60. The van der Waals surface area contributed by atoms with E-state index < -0.39 is 32.5 Å². The lowest BCUT2D eigenvalue weighted by atomic mass is 10.1. The van der Waals surface area contributed by atoms with Crippen molar-refractivity contribution >= 4 is 19.8 Å². The molecule has 510 valence electrons. The number of nitrogens with zero attached hydrogens (tertiary/aromatic N) is 1. The third-order valence-corrected chi connectivity index (χ3v) is 14.4. The molecule has 1 N–H and O–H groups in total. The zero-order valence-corrected chi connectivity index (χ0v) is 58.8. The minimum atomic E-state index is -4.43. The molecular formula is C82H125NO8P+. The van der Waals surface area contributed by atoms with E-state index in [-0.39, 0.29) is 26.1 Å². The quantitative estimate of drug-likeness (QED) is 0.0211. The highest BCUT2D eigenvalue weighted by Crippen LogP contribution is 2.43. The number of ether oxygens (including phenoxy) is 2. The topological polar surface area (TPSA) is 108 Å². The highest BCUT2D eigenvalue weighted by atomic mass is 31.2. The lowest BCUT2D eigenvalue weighted by molar-refractivity contribution is -0.870.